The molecule has 4 aromatic rings. The molecule has 0 bridgehead atoms. The molecule has 11 heteroatoms. The number of aliphatic imine (C=N–C) groups is 1. The van der Waals surface area contributed by atoms with E-state index in [9.17, 15) is 14.0 Å². The van der Waals surface area contributed by atoms with Crippen LogP contribution in [0.15, 0.2) is 78.1 Å². The second-order valence-corrected chi connectivity index (χ2v) is 11.1. The first-order valence-corrected chi connectivity index (χ1v) is 14.8. The van der Waals surface area contributed by atoms with Crippen molar-refractivity contribution >= 4 is 29.3 Å². The number of carbonyl (C=O) groups is 2. The van der Waals surface area contributed by atoms with E-state index in [1.807, 2.05) is 44.3 Å². The zero-order valence-corrected chi connectivity index (χ0v) is 25.8. The summed E-state index contributed by atoms with van der Waals surface area (Å²) >= 11 is 0. The van der Waals surface area contributed by atoms with Crippen LogP contribution in [0.3, 0.4) is 0 Å². The molecule has 1 fully saturated rings. The summed E-state index contributed by atoms with van der Waals surface area (Å²) in [5, 5.41) is 11.3. The summed E-state index contributed by atoms with van der Waals surface area (Å²) in [6, 6.07) is 15.6. The minimum atomic E-state index is -0.269. The number of fused-ring (bicyclic) bond motifs is 1. The number of aryl methyl sites for hydroxylation is 1. The molecule has 2 aromatic heterocycles. The van der Waals surface area contributed by atoms with E-state index in [0.29, 0.717) is 11.3 Å². The smallest absolute Gasteiger partial charge is 0.224 e. The molecule has 1 saturated heterocycles. The Morgan fingerprint density at radius 3 is 2.69 bits per heavy atom. The van der Waals surface area contributed by atoms with Gasteiger partial charge in [0.2, 0.25) is 5.91 Å². The number of carbonyl (C=O) groups excluding carboxylic acids is 2. The van der Waals surface area contributed by atoms with E-state index in [4.69, 9.17) is 10.5 Å². The molecule has 6 rings (SSSR count). The van der Waals surface area contributed by atoms with Crippen LogP contribution in [0, 0.1) is 18.7 Å². The van der Waals surface area contributed by atoms with Crippen LogP contribution in [-0.4, -0.2) is 77.8 Å². The molecule has 0 saturated carbocycles. The van der Waals surface area contributed by atoms with E-state index in [1.54, 1.807) is 36.8 Å². The summed E-state index contributed by atoms with van der Waals surface area (Å²) in [5.41, 5.74) is 10.3. The van der Waals surface area contributed by atoms with Crippen molar-refractivity contribution in [1.82, 2.24) is 25.4 Å². The SMILES string of the molecule is CN1CC(C(=O)NC2C=NC=CC2)CC[C@@H](N)C1.COc1cccc(F)c1.Cc1cc(-c2n[nH]c3ccc(C=O)cc23)ccn1. The lowest BCUT2D eigenvalue weighted by Gasteiger charge is -2.22. The van der Waals surface area contributed by atoms with Crippen molar-refractivity contribution in [2.75, 3.05) is 27.2 Å². The highest BCUT2D eigenvalue weighted by Crippen LogP contribution is 2.26. The quantitative estimate of drug-likeness (QED) is 0.277. The molecule has 4 N–H and O–H groups in total. The molecule has 2 aliphatic heterocycles. The van der Waals surface area contributed by atoms with Gasteiger partial charge in [0.25, 0.3) is 0 Å². The Balaban J connectivity index is 0.000000163. The predicted octanol–water partition coefficient (Wildman–Crippen LogP) is 4.71. The third kappa shape index (κ3) is 9.88. The number of benzene rings is 2. The van der Waals surface area contributed by atoms with Crippen molar-refractivity contribution in [3.8, 4) is 17.0 Å². The summed E-state index contributed by atoms with van der Waals surface area (Å²) < 4.78 is 17.0. The number of methoxy groups -OCH3 is 1. The van der Waals surface area contributed by atoms with Crippen molar-refractivity contribution in [1.29, 1.82) is 0 Å². The number of nitrogens with two attached hydrogens (primary N) is 1. The number of likely N-dealkylation sites (tertiary alicyclic amines) is 1. The molecule has 4 heterocycles. The van der Waals surface area contributed by atoms with Gasteiger partial charge in [-0.2, -0.15) is 5.10 Å². The number of amides is 1. The number of aromatic amines is 1. The first kappa shape index (κ1) is 33.2. The Labute approximate surface area is 262 Å². The van der Waals surface area contributed by atoms with Crippen LogP contribution < -0.4 is 15.8 Å². The number of aldehydes is 1. The van der Waals surface area contributed by atoms with Gasteiger partial charge >= 0.3 is 0 Å². The van der Waals surface area contributed by atoms with Crippen LogP contribution in [0.1, 0.15) is 35.3 Å². The van der Waals surface area contributed by atoms with Gasteiger partial charge in [-0.05, 0) is 75.7 Å². The van der Waals surface area contributed by atoms with Gasteiger partial charge in [0.15, 0.2) is 0 Å². The van der Waals surface area contributed by atoms with Gasteiger partial charge in [-0.15, -0.1) is 0 Å². The summed E-state index contributed by atoms with van der Waals surface area (Å²) in [4.78, 5) is 33.4. The number of hydrogen-bond donors (Lipinski definition) is 3. The van der Waals surface area contributed by atoms with Crippen LogP contribution in [0.25, 0.3) is 22.2 Å². The third-order valence-electron chi connectivity index (χ3n) is 7.43. The number of nitrogens with one attached hydrogen (secondary N) is 2. The molecule has 3 atom stereocenters. The molecule has 2 aromatic carbocycles. The minimum Gasteiger partial charge on any atom is -0.497 e. The number of pyridine rings is 1. The molecule has 0 aliphatic carbocycles. The number of ether oxygens (including phenoxy) is 1. The van der Waals surface area contributed by atoms with Gasteiger partial charge in [-0.25, -0.2) is 4.39 Å². The van der Waals surface area contributed by atoms with E-state index < -0.39 is 0 Å². The number of hydrogen-bond acceptors (Lipinski definition) is 8. The molecule has 2 unspecified atom stereocenters. The van der Waals surface area contributed by atoms with Crippen LogP contribution in [0.4, 0.5) is 4.39 Å². The molecule has 2 aliphatic rings. The van der Waals surface area contributed by atoms with Crippen molar-refractivity contribution < 1.29 is 18.7 Å². The van der Waals surface area contributed by atoms with Gasteiger partial charge in [-0.3, -0.25) is 24.7 Å². The van der Waals surface area contributed by atoms with Crippen molar-refractivity contribution in [2.24, 2.45) is 16.6 Å². The van der Waals surface area contributed by atoms with Crippen LogP contribution >= 0.6 is 0 Å². The first-order chi connectivity index (χ1) is 21.7. The molecule has 0 radical (unpaired) electrons. The normalized spacial score (nSPS) is 19.4. The Morgan fingerprint density at radius 1 is 1.16 bits per heavy atom. The maximum Gasteiger partial charge on any atom is 0.224 e. The molecule has 236 valence electrons. The second kappa shape index (κ2) is 16.4. The predicted molar refractivity (Wildman–Crippen MR) is 175 cm³/mol. The lowest BCUT2D eigenvalue weighted by atomic mass is 10.0. The number of halogens is 1. The number of rotatable bonds is 5. The fraction of sp³-hybridized carbons (Fsp3) is 0.324. The van der Waals surface area contributed by atoms with E-state index >= 15 is 0 Å². The number of H-pyrrole nitrogens is 1. The lowest BCUT2D eigenvalue weighted by molar-refractivity contribution is -0.125. The van der Waals surface area contributed by atoms with Gasteiger partial charge in [-0.1, -0.05) is 12.1 Å². The maximum atomic E-state index is 12.3. The molecular weight excluding hydrogens is 573 g/mol. The summed E-state index contributed by atoms with van der Waals surface area (Å²) in [6.07, 6.45) is 10.8. The average molecular weight is 614 g/mol. The van der Waals surface area contributed by atoms with Crippen molar-refractivity contribution in [3.63, 3.8) is 0 Å². The molecular formula is C34H40FN7O3. The fourth-order valence-electron chi connectivity index (χ4n) is 5.15. The number of likely N-dealkylation sites (N-methyl/N-ethyl adjacent to an activating group) is 1. The Kier molecular flexibility index (Phi) is 12.1. The zero-order valence-electron chi connectivity index (χ0n) is 25.8. The van der Waals surface area contributed by atoms with E-state index in [2.05, 4.69) is 30.4 Å². The lowest BCUT2D eigenvalue weighted by Crippen LogP contribution is -2.43. The maximum absolute atomic E-state index is 12.3. The van der Waals surface area contributed by atoms with Crippen molar-refractivity contribution in [3.05, 3.63) is 90.1 Å². The van der Waals surface area contributed by atoms with Crippen LogP contribution in [-0.2, 0) is 4.79 Å². The van der Waals surface area contributed by atoms with E-state index in [0.717, 1.165) is 66.5 Å². The van der Waals surface area contributed by atoms with Crippen LogP contribution in [0.2, 0.25) is 0 Å². The molecule has 10 nitrogen and oxygen atoms in total. The first-order valence-electron chi connectivity index (χ1n) is 14.8. The topological polar surface area (TPSA) is 139 Å². The monoisotopic (exact) mass is 613 g/mol. The molecule has 1 amide bonds. The highest BCUT2D eigenvalue weighted by molar-refractivity contribution is 5.96. The molecule has 45 heavy (non-hydrogen) atoms. The molecule has 0 spiro atoms. The summed E-state index contributed by atoms with van der Waals surface area (Å²) in [7, 11) is 3.53. The minimum absolute atomic E-state index is 0.0443. The zero-order chi connectivity index (χ0) is 32.2. The highest BCUT2D eigenvalue weighted by atomic mass is 19.1. The largest absolute Gasteiger partial charge is 0.497 e. The summed E-state index contributed by atoms with van der Waals surface area (Å²) in [5.74, 6) is 0.454. The van der Waals surface area contributed by atoms with Gasteiger partial charge in [0.05, 0.1) is 24.6 Å². The van der Waals surface area contributed by atoms with E-state index in [-0.39, 0.29) is 29.7 Å². The van der Waals surface area contributed by atoms with Crippen molar-refractivity contribution in [2.45, 2.75) is 38.3 Å². The third-order valence-corrected chi connectivity index (χ3v) is 7.43. The van der Waals surface area contributed by atoms with Crippen LogP contribution in [0.5, 0.6) is 5.75 Å². The van der Waals surface area contributed by atoms with Gasteiger partial charge in [0, 0.05) is 66.0 Å². The number of nitrogens with zero attached hydrogens (tertiary/aromatic N) is 4. The number of aromatic nitrogens is 3. The summed E-state index contributed by atoms with van der Waals surface area (Å²) in [6.45, 7) is 3.60. The van der Waals surface area contributed by atoms with Gasteiger partial charge in [0.1, 0.15) is 23.5 Å². The highest BCUT2D eigenvalue weighted by Gasteiger charge is 2.26. The fourth-order valence-corrected chi connectivity index (χ4v) is 5.15. The van der Waals surface area contributed by atoms with Gasteiger partial charge < -0.3 is 20.7 Å². The average Bonchev–Trinajstić information content (AvgIpc) is 3.39. The Hall–Kier alpha value is -4.74. The second-order valence-electron chi connectivity index (χ2n) is 11.1. The standard InChI is InChI=1S/C14H11N3O.C13H22N4O.C7H7FO/c1-9-6-11(4-5-15-9)14-12-7-10(8-18)2-3-13(12)16-17-14;1-17-8-10(4-5-11(14)9-17)13(18)16-12-3-2-6-15-7-12;1-9-7-4-2-3-6(8)5-7/h2-8H,1H3,(H,16,17);2,6-7,10-12H,3-5,8-9,14H2,1H3,(H,16,18);2-5H,1H3/t;10?,11-,12?;/m.1./s1. The Morgan fingerprint density at radius 2 is 2.00 bits per heavy atom. The Bertz CT molecular complexity index is 1640. The van der Waals surface area contributed by atoms with E-state index in [1.165, 1.54) is 19.2 Å².